The summed E-state index contributed by atoms with van der Waals surface area (Å²) in [5, 5.41) is 32.8. The second kappa shape index (κ2) is 21.6. The fraction of sp³-hybridized carbons (Fsp3) is 0.273. The van der Waals surface area contributed by atoms with E-state index in [2.05, 4.69) is 5.32 Å². The number of halogens is 1. The van der Waals surface area contributed by atoms with Crippen molar-refractivity contribution in [2.24, 2.45) is 0 Å². The molecule has 0 aliphatic heterocycles. The number of carbonyl (C=O) groups is 2. The van der Waals surface area contributed by atoms with Gasteiger partial charge in [-0.1, -0.05) is 62.4 Å². The summed E-state index contributed by atoms with van der Waals surface area (Å²) in [5.41, 5.74) is 4.77. The van der Waals surface area contributed by atoms with Gasteiger partial charge in [-0.05, 0) is 66.3 Å². The number of carbonyl (C=O) groups excluding carboxylic acids is 1. The van der Waals surface area contributed by atoms with Gasteiger partial charge in [-0.3, -0.25) is 26.4 Å². The van der Waals surface area contributed by atoms with Crippen molar-refractivity contribution < 1.29 is 64.3 Å². The Morgan fingerprint density at radius 2 is 1.27 bits per heavy atom. The maximum absolute atomic E-state index is 14.0. The molecule has 4 N–H and O–H groups in total. The van der Waals surface area contributed by atoms with Crippen molar-refractivity contribution in [3.8, 4) is 22.4 Å². The number of para-hydroxylation sites is 1. The molecule has 3 aromatic carbocycles. The van der Waals surface area contributed by atoms with Crippen LogP contribution in [0.25, 0.3) is 22.4 Å². The van der Waals surface area contributed by atoms with Crippen molar-refractivity contribution in [3.63, 3.8) is 0 Å². The first-order chi connectivity index (χ1) is 23.7. The summed E-state index contributed by atoms with van der Waals surface area (Å²) in [6.07, 6.45) is -2.51. The molecule has 1 heterocycles. The van der Waals surface area contributed by atoms with E-state index >= 15 is 0 Å². The van der Waals surface area contributed by atoms with E-state index in [0.29, 0.717) is 28.1 Å². The first-order valence-electron chi connectivity index (χ1n) is 15.0. The summed E-state index contributed by atoms with van der Waals surface area (Å²) >= 11 is 0. The monoisotopic (exact) mass is 838 g/mol. The Morgan fingerprint density at radius 1 is 0.788 bits per heavy atom. The SMILES string of the molecule is CC(C)c1c(C(=O)Nc2ccccc2)c(-c2ccccc2)c(-c2ccc(F)cc2)n1CC[C@@H](O)C[C@@H](O)CC(=O)O.O=S(=O)([O-])[O-].O=S(=O)([O-])[O-].[Sr+2]. The van der Waals surface area contributed by atoms with Gasteiger partial charge in [0.25, 0.3) is 5.91 Å². The maximum atomic E-state index is 14.0. The molecular weight excluding hydrogens is 803 g/mol. The molecule has 4 aromatic rings. The third kappa shape index (κ3) is 17.2. The molecule has 0 fully saturated rings. The van der Waals surface area contributed by atoms with E-state index in [-0.39, 0.29) is 82.5 Å². The molecule has 1 amide bonds. The van der Waals surface area contributed by atoms with Crippen LogP contribution in [0.1, 0.15) is 55.1 Å². The molecule has 278 valence electrons. The van der Waals surface area contributed by atoms with E-state index in [9.17, 15) is 24.2 Å². The fourth-order valence-corrected chi connectivity index (χ4v) is 5.20. The molecule has 0 saturated carbocycles. The Morgan fingerprint density at radius 3 is 1.73 bits per heavy atom. The number of hydrogen-bond donors (Lipinski definition) is 4. The zero-order chi connectivity index (χ0) is 38.5. The number of carboxylic acid groups (broad SMARTS) is 1. The Balaban J connectivity index is 0.00000108. The largest absolute Gasteiger partial charge is 2.00 e. The van der Waals surface area contributed by atoms with Crippen LogP contribution in [0, 0.1) is 5.82 Å². The number of aromatic nitrogens is 1. The van der Waals surface area contributed by atoms with Gasteiger partial charge in [0.05, 0.1) is 29.9 Å². The van der Waals surface area contributed by atoms with Gasteiger partial charge in [-0.15, -0.1) is 0 Å². The van der Waals surface area contributed by atoms with Crippen LogP contribution in [0.2, 0.25) is 0 Å². The molecule has 0 unspecified atom stereocenters. The number of anilines is 1. The van der Waals surface area contributed by atoms with E-state index < -0.39 is 45.4 Å². The number of nitrogens with zero attached hydrogens (tertiary/aromatic N) is 1. The molecular formula is C33H35FN2O13S2Sr-2. The van der Waals surface area contributed by atoms with E-state index in [1.54, 1.807) is 12.1 Å². The first kappa shape index (κ1) is 47.0. The number of rotatable bonds is 12. The summed E-state index contributed by atoms with van der Waals surface area (Å²) in [7, 11) is -10.3. The van der Waals surface area contributed by atoms with E-state index in [1.807, 2.05) is 79.1 Å². The smallest absolute Gasteiger partial charge is 0.759 e. The number of carboxylic acids is 1. The van der Waals surface area contributed by atoms with Gasteiger partial charge < -0.3 is 43.4 Å². The van der Waals surface area contributed by atoms with Gasteiger partial charge in [0.1, 0.15) is 5.82 Å². The molecule has 0 radical (unpaired) electrons. The molecule has 15 nitrogen and oxygen atoms in total. The number of hydrogen-bond acceptors (Lipinski definition) is 12. The number of aliphatic carboxylic acids is 1. The minimum absolute atomic E-state index is 0. The number of aliphatic hydroxyl groups excluding tert-OH is 2. The molecule has 19 heteroatoms. The molecule has 0 aliphatic carbocycles. The number of benzene rings is 3. The van der Waals surface area contributed by atoms with Crippen LogP contribution in [0.4, 0.5) is 10.1 Å². The molecule has 0 saturated heterocycles. The predicted molar refractivity (Wildman–Crippen MR) is 184 cm³/mol. The van der Waals surface area contributed by atoms with E-state index in [1.165, 1.54) is 12.1 Å². The van der Waals surface area contributed by atoms with E-state index in [0.717, 1.165) is 11.3 Å². The van der Waals surface area contributed by atoms with Crippen molar-refractivity contribution in [2.45, 2.75) is 57.8 Å². The molecule has 4 rings (SSSR count). The summed E-state index contributed by atoms with van der Waals surface area (Å²) in [4.78, 5) is 25.0. The van der Waals surface area contributed by atoms with Gasteiger partial charge >= 0.3 is 51.5 Å². The Bertz CT molecular complexity index is 1910. The topological polar surface area (TPSA) is 272 Å². The maximum Gasteiger partial charge on any atom is 2.00 e. The molecule has 0 bridgehead atoms. The van der Waals surface area contributed by atoms with Gasteiger partial charge in [-0.2, -0.15) is 0 Å². The first-order valence-corrected chi connectivity index (χ1v) is 17.7. The third-order valence-corrected chi connectivity index (χ3v) is 6.93. The average molecular weight is 838 g/mol. The predicted octanol–water partition coefficient (Wildman–Crippen LogP) is 3.26. The molecule has 52 heavy (non-hydrogen) atoms. The second-order valence-corrected chi connectivity index (χ2v) is 12.9. The van der Waals surface area contributed by atoms with Crippen LogP contribution < -0.4 is 5.32 Å². The van der Waals surface area contributed by atoms with Crippen molar-refractivity contribution >= 4 is 83.8 Å². The normalized spacial score (nSPS) is 12.3. The molecule has 2 atom stereocenters. The van der Waals surface area contributed by atoms with Crippen molar-refractivity contribution in [1.29, 1.82) is 0 Å². The quantitative estimate of drug-likeness (QED) is 0.0908. The molecule has 0 aliphatic rings. The van der Waals surface area contributed by atoms with Crippen LogP contribution in [-0.4, -0.2) is 124 Å². The summed E-state index contributed by atoms with van der Waals surface area (Å²) in [6.45, 7) is 4.25. The molecule has 0 spiro atoms. The number of amides is 1. The standard InChI is InChI=1S/C33H35FN2O5.2H2O4S.Sr/c1-21(2)31-30(33(41)35-25-11-7-4-8-12-25)29(22-9-5-3-6-10-22)32(23-13-15-24(34)16-14-23)36(31)18-17-26(37)19-27(38)20-28(39)40;2*1-5(2,3)4;/h3-16,21,26-27,37-38H,17-20H2,1-2H3,(H,35,41)(H,39,40);2*(H2,1,2,3,4);/q;;;+2/p-4/t26-,27-;;;/m1.../s1. The van der Waals surface area contributed by atoms with Crippen LogP contribution in [0.15, 0.2) is 84.9 Å². The average Bonchev–Trinajstić information content (AvgIpc) is 3.35. The molecule has 1 aromatic heterocycles. The van der Waals surface area contributed by atoms with Gasteiger partial charge in [0.15, 0.2) is 0 Å². The Labute approximate surface area is 337 Å². The van der Waals surface area contributed by atoms with Crippen LogP contribution >= 0.6 is 0 Å². The van der Waals surface area contributed by atoms with Gasteiger partial charge in [-0.25, -0.2) is 4.39 Å². The van der Waals surface area contributed by atoms with Crippen LogP contribution in [-0.2, 0) is 32.1 Å². The van der Waals surface area contributed by atoms with Crippen molar-refractivity contribution in [1.82, 2.24) is 4.57 Å². The van der Waals surface area contributed by atoms with E-state index in [4.69, 9.17) is 40.2 Å². The Kier molecular flexibility index (Phi) is 19.5. The zero-order valence-corrected chi connectivity index (χ0v) is 33.0. The second-order valence-electron chi connectivity index (χ2n) is 11.2. The number of nitrogens with one attached hydrogen (secondary N) is 1. The zero-order valence-electron chi connectivity index (χ0n) is 27.9. The third-order valence-electron chi connectivity index (χ3n) is 6.93. The minimum Gasteiger partial charge on any atom is -0.759 e. The minimum atomic E-state index is -5.17. The number of aliphatic hydroxyl groups is 2. The van der Waals surface area contributed by atoms with Crippen LogP contribution in [0.3, 0.4) is 0 Å². The fourth-order valence-electron chi connectivity index (χ4n) is 5.20. The van der Waals surface area contributed by atoms with Gasteiger partial charge in [0, 0.05) is 44.3 Å². The summed E-state index contributed by atoms with van der Waals surface area (Å²) < 4.78 is 84.2. The Hall–Kier alpha value is -3.05. The van der Waals surface area contributed by atoms with Crippen molar-refractivity contribution in [2.75, 3.05) is 5.32 Å². The van der Waals surface area contributed by atoms with Crippen LogP contribution in [0.5, 0.6) is 0 Å². The van der Waals surface area contributed by atoms with Gasteiger partial charge in [0.2, 0.25) is 0 Å². The van der Waals surface area contributed by atoms with Crippen molar-refractivity contribution in [3.05, 3.63) is 102 Å². The summed E-state index contributed by atoms with van der Waals surface area (Å²) in [5.74, 6) is -1.93. The summed E-state index contributed by atoms with van der Waals surface area (Å²) in [6, 6.07) is 24.8.